The zero-order chi connectivity index (χ0) is 23.4. The van der Waals surface area contributed by atoms with E-state index in [0.29, 0.717) is 0 Å². The van der Waals surface area contributed by atoms with E-state index >= 15 is 0 Å². The topological polar surface area (TPSA) is 0 Å². The van der Waals surface area contributed by atoms with Crippen molar-refractivity contribution < 1.29 is 0 Å². The Bertz CT molecular complexity index is 297. The van der Waals surface area contributed by atoms with Crippen molar-refractivity contribution >= 4 is 23.8 Å². The Morgan fingerprint density at radius 1 is 0.355 bits per heavy atom. The second-order valence-electron chi connectivity index (χ2n) is 9.61. The first-order valence-electron chi connectivity index (χ1n) is 14.4. The van der Waals surface area contributed by atoms with Gasteiger partial charge in [-0.05, 0) is 81.9 Å². The Labute approximate surface area is 203 Å². The fourth-order valence-electron chi connectivity index (χ4n) is 4.91. The van der Waals surface area contributed by atoms with E-state index in [1.54, 1.807) is 43.4 Å². The van der Waals surface area contributed by atoms with Gasteiger partial charge >= 0.3 is 0 Å². The lowest BCUT2D eigenvalue weighted by Gasteiger charge is -2.54. The van der Waals surface area contributed by atoms with Crippen LogP contribution in [0.15, 0.2) is 0 Å². The maximum absolute atomic E-state index is 2.53. The summed E-state index contributed by atoms with van der Waals surface area (Å²) in [5.41, 5.74) is 0. The van der Waals surface area contributed by atoms with E-state index in [0.717, 1.165) is 4.64 Å². The molecule has 0 saturated carbocycles. The van der Waals surface area contributed by atoms with E-state index in [2.05, 4.69) is 48.5 Å². The van der Waals surface area contributed by atoms with Gasteiger partial charge in [0.05, 0.1) is 0 Å². The van der Waals surface area contributed by atoms with Crippen LogP contribution in [0.5, 0.6) is 0 Å². The van der Waals surface area contributed by atoms with Crippen molar-refractivity contribution in [2.45, 2.75) is 143 Å². The first-order chi connectivity index (χ1) is 15.1. The lowest BCUT2D eigenvalue weighted by atomic mass is 10.4. The summed E-state index contributed by atoms with van der Waals surface area (Å²) in [5, 5.41) is 0. The highest BCUT2D eigenvalue weighted by atomic mass is 31.2. The van der Waals surface area contributed by atoms with Crippen molar-refractivity contribution in [1.29, 1.82) is 0 Å². The minimum absolute atomic E-state index is 0.187. The number of unbranched alkanes of at least 4 members (excludes halogenated alkanes) is 6. The van der Waals surface area contributed by atoms with Gasteiger partial charge in [-0.2, -0.15) is 0 Å². The molecule has 0 bridgehead atoms. The SMILES string of the molecule is CCCCP(CCCC)C(CCC)(P(CCCC)CCCC)P(CCCC)CCCC. The summed E-state index contributed by atoms with van der Waals surface area (Å²) in [6.45, 7) is 17.1. The van der Waals surface area contributed by atoms with Crippen LogP contribution in [0.4, 0.5) is 0 Å². The molecule has 0 amide bonds. The molecule has 0 aliphatic heterocycles. The molecule has 0 aromatic carbocycles. The Balaban J connectivity index is 6.43. The molecule has 0 aromatic rings. The predicted molar refractivity (Wildman–Crippen MR) is 157 cm³/mol. The smallest absolute Gasteiger partial charge is 0.0301 e. The monoisotopic (exact) mass is 490 g/mol. The minimum atomic E-state index is 0.187. The number of hydrogen-bond donors (Lipinski definition) is 0. The first-order valence-corrected chi connectivity index (χ1v) is 19.5. The third-order valence-electron chi connectivity index (χ3n) is 6.79. The van der Waals surface area contributed by atoms with Crippen LogP contribution in [0, 0.1) is 0 Å². The van der Waals surface area contributed by atoms with Crippen LogP contribution in [-0.2, 0) is 0 Å². The average molecular weight is 491 g/mol. The molecule has 0 heterocycles. The van der Waals surface area contributed by atoms with E-state index in [1.165, 1.54) is 83.5 Å². The molecule has 3 heteroatoms. The molecule has 0 atom stereocenters. The van der Waals surface area contributed by atoms with Crippen molar-refractivity contribution in [3.05, 3.63) is 0 Å². The van der Waals surface area contributed by atoms with Gasteiger partial charge in [0.25, 0.3) is 0 Å². The van der Waals surface area contributed by atoms with Crippen LogP contribution < -0.4 is 0 Å². The van der Waals surface area contributed by atoms with Crippen LogP contribution in [0.1, 0.15) is 138 Å². The van der Waals surface area contributed by atoms with Gasteiger partial charge < -0.3 is 0 Å². The predicted octanol–water partition coefficient (Wildman–Crippen LogP) is 11.7. The first kappa shape index (κ1) is 32.3. The van der Waals surface area contributed by atoms with E-state index in [9.17, 15) is 0 Å². The normalized spacial score (nSPS) is 12.6. The Morgan fingerprint density at radius 3 is 0.742 bits per heavy atom. The van der Waals surface area contributed by atoms with Gasteiger partial charge in [0.1, 0.15) is 0 Å². The molecule has 0 aliphatic carbocycles. The van der Waals surface area contributed by atoms with Gasteiger partial charge in [-0.15, -0.1) is 0 Å². The fraction of sp³-hybridized carbons (Fsp3) is 1.00. The number of rotatable bonds is 23. The average Bonchev–Trinajstić information content (AvgIpc) is 2.78. The van der Waals surface area contributed by atoms with Crippen LogP contribution in [0.25, 0.3) is 0 Å². The Morgan fingerprint density at radius 2 is 0.581 bits per heavy atom. The quantitative estimate of drug-likeness (QED) is 0.125. The molecule has 0 aromatic heterocycles. The molecule has 0 aliphatic rings. The summed E-state index contributed by atoms with van der Waals surface area (Å²) in [5.74, 6) is 0. The minimum Gasteiger partial charge on any atom is -0.0913 e. The molecule has 0 fully saturated rings. The highest BCUT2D eigenvalue weighted by Crippen LogP contribution is 2.82. The van der Waals surface area contributed by atoms with Gasteiger partial charge in [0, 0.05) is 4.64 Å². The molecule has 0 spiro atoms. The summed E-state index contributed by atoms with van der Waals surface area (Å²) in [4.78, 5) is 0. The summed E-state index contributed by atoms with van der Waals surface area (Å²) in [6, 6.07) is 0. The van der Waals surface area contributed by atoms with Crippen LogP contribution in [-0.4, -0.2) is 41.6 Å². The Hall–Kier alpha value is 1.29. The van der Waals surface area contributed by atoms with Crippen molar-refractivity contribution in [1.82, 2.24) is 0 Å². The molecular formula is C28H61P3. The fourth-order valence-corrected chi connectivity index (χ4v) is 21.9. The lowest BCUT2D eigenvalue weighted by Crippen LogP contribution is -2.30. The van der Waals surface area contributed by atoms with E-state index in [-0.39, 0.29) is 23.8 Å². The second-order valence-corrected chi connectivity index (χ2v) is 18.9. The van der Waals surface area contributed by atoms with E-state index in [1.807, 2.05) is 0 Å². The molecule has 0 rings (SSSR count). The van der Waals surface area contributed by atoms with Crippen molar-refractivity contribution in [2.24, 2.45) is 0 Å². The van der Waals surface area contributed by atoms with Crippen LogP contribution in [0.3, 0.4) is 0 Å². The second kappa shape index (κ2) is 21.8. The summed E-state index contributed by atoms with van der Waals surface area (Å²) in [7, 11) is 0.560. The molecule has 0 saturated heterocycles. The maximum Gasteiger partial charge on any atom is 0.0301 e. The van der Waals surface area contributed by atoms with Crippen LogP contribution in [0.2, 0.25) is 0 Å². The molecular weight excluding hydrogens is 429 g/mol. The van der Waals surface area contributed by atoms with Crippen molar-refractivity contribution in [3.63, 3.8) is 0 Å². The summed E-state index contributed by atoms with van der Waals surface area (Å²) in [6.07, 6.45) is 30.0. The summed E-state index contributed by atoms with van der Waals surface area (Å²) >= 11 is 0. The zero-order valence-corrected chi connectivity index (χ0v) is 25.7. The lowest BCUT2D eigenvalue weighted by molar-refractivity contribution is 0.772. The highest BCUT2D eigenvalue weighted by Gasteiger charge is 2.47. The van der Waals surface area contributed by atoms with Gasteiger partial charge in [0.15, 0.2) is 0 Å². The van der Waals surface area contributed by atoms with Crippen LogP contribution >= 0.6 is 23.8 Å². The van der Waals surface area contributed by atoms with E-state index < -0.39 is 0 Å². The molecule has 31 heavy (non-hydrogen) atoms. The van der Waals surface area contributed by atoms with Gasteiger partial charge in [-0.25, -0.2) is 0 Å². The Kier molecular flexibility index (Phi) is 22.7. The maximum atomic E-state index is 2.53. The van der Waals surface area contributed by atoms with Crippen molar-refractivity contribution in [3.8, 4) is 0 Å². The molecule has 0 N–H and O–H groups in total. The zero-order valence-electron chi connectivity index (χ0n) is 23.0. The van der Waals surface area contributed by atoms with Gasteiger partial charge in [-0.3, -0.25) is 0 Å². The highest BCUT2D eigenvalue weighted by molar-refractivity contribution is 7.93. The molecule has 0 nitrogen and oxygen atoms in total. The third kappa shape index (κ3) is 12.0. The van der Waals surface area contributed by atoms with Gasteiger partial charge in [-0.1, -0.05) is 117 Å². The van der Waals surface area contributed by atoms with Gasteiger partial charge in [0.2, 0.25) is 0 Å². The van der Waals surface area contributed by atoms with Crippen molar-refractivity contribution in [2.75, 3.05) is 37.0 Å². The number of hydrogen-bond acceptors (Lipinski definition) is 0. The van der Waals surface area contributed by atoms with E-state index in [4.69, 9.17) is 0 Å². The molecule has 188 valence electrons. The summed E-state index contributed by atoms with van der Waals surface area (Å²) < 4.78 is 0.799. The molecule has 0 unspecified atom stereocenters. The molecule has 0 radical (unpaired) electrons. The standard InChI is InChI=1S/C28H61P3/c1-8-15-22-29(23-16-9-2)28(21-14-7,30(24-17-10-3)25-18-11-4)31(26-19-12-5)27-20-13-6/h8-27H2,1-7H3. The third-order valence-corrected chi connectivity index (χ3v) is 20.7. The largest absolute Gasteiger partial charge is 0.0913 e.